The number of hydroxylamine groups is 2. The third-order valence-corrected chi connectivity index (χ3v) is 7.71. The topological polar surface area (TPSA) is 29.5 Å². The van der Waals surface area contributed by atoms with E-state index in [0.717, 1.165) is 29.1 Å². The van der Waals surface area contributed by atoms with E-state index in [0.29, 0.717) is 0 Å². The molecule has 2 aromatic carbocycles. The van der Waals surface area contributed by atoms with Crippen LogP contribution in [-0.2, 0) is 9.40 Å². The third-order valence-electron chi connectivity index (χ3n) is 4.84. The number of hydrogen-bond acceptors (Lipinski definition) is 3. The van der Waals surface area contributed by atoms with Crippen molar-refractivity contribution in [3.8, 4) is 0 Å². The summed E-state index contributed by atoms with van der Waals surface area (Å²) in [5, 5.41) is 3.63. The predicted octanol–water partition coefficient (Wildman–Crippen LogP) is 4.20. The molecule has 1 fully saturated rings. The summed E-state index contributed by atoms with van der Waals surface area (Å²) in [5.74, 6) is 1.91. The first-order chi connectivity index (χ1) is 12.2. The van der Waals surface area contributed by atoms with Crippen molar-refractivity contribution < 1.29 is 9.40 Å². The zero-order chi connectivity index (χ0) is 17.3. The first-order valence-electron chi connectivity index (χ1n) is 8.71. The minimum atomic E-state index is -2.88. The van der Waals surface area contributed by atoms with Crippen molar-refractivity contribution in [2.24, 2.45) is 0 Å². The summed E-state index contributed by atoms with van der Waals surface area (Å²) in [7, 11) is -2.88. The maximum Gasteiger partial charge on any atom is 0.165 e. The van der Waals surface area contributed by atoms with E-state index in [1.165, 1.54) is 0 Å². The zero-order valence-electron chi connectivity index (χ0n) is 14.3. The lowest BCUT2D eigenvalue weighted by atomic mass is 9.98. The van der Waals surface area contributed by atoms with Gasteiger partial charge >= 0.3 is 0 Å². The molecule has 25 heavy (non-hydrogen) atoms. The van der Waals surface area contributed by atoms with Crippen molar-refractivity contribution in [2.45, 2.75) is 31.9 Å². The van der Waals surface area contributed by atoms with E-state index in [1.807, 2.05) is 78.5 Å². The van der Waals surface area contributed by atoms with E-state index < -0.39 is 7.14 Å². The molecule has 0 unspecified atom stereocenters. The van der Waals surface area contributed by atoms with Crippen LogP contribution in [0.25, 0.3) is 0 Å². The Morgan fingerprint density at radius 2 is 1.60 bits per heavy atom. The molecule has 0 spiro atoms. The summed E-state index contributed by atoms with van der Waals surface area (Å²) in [6, 6.07) is 19.7. The second-order valence-corrected chi connectivity index (χ2v) is 9.21. The van der Waals surface area contributed by atoms with Crippen LogP contribution in [0.3, 0.4) is 0 Å². The molecule has 1 aliphatic carbocycles. The summed E-state index contributed by atoms with van der Waals surface area (Å²) < 4.78 is 14.1. The van der Waals surface area contributed by atoms with Gasteiger partial charge in [-0.1, -0.05) is 72.8 Å². The lowest BCUT2D eigenvalue weighted by Gasteiger charge is -2.42. The van der Waals surface area contributed by atoms with Crippen LogP contribution in [0.4, 0.5) is 0 Å². The lowest BCUT2D eigenvalue weighted by molar-refractivity contribution is -0.209. The van der Waals surface area contributed by atoms with Crippen molar-refractivity contribution in [3.63, 3.8) is 0 Å². The van der Waals surface area contributed by atoms with Gasteiger partial charge in [0.15, 0.2) is 7.14 Å². The van der Waals surface area contributed by atoms with Crippen LogP contribution in [0.15, 0.2) is 84.3 Å². The molecule has 0 amide bonds. The van der Waals surface area contributed by atoms with Crippen LogP contribution in [0.5, 0.6) is 0 Å². The second kappa shape index (κ2) is 6.67. The van der Waals surface area contributed by atoms with Crippen LogP contribution in [0, 0.1) is 0 Å². The van der Waals surface area contributed by atoms with Gasteiger partial charge in [-0.25, -0.2) is 0 Å². The molecule has 3 aliphatic rings. The molecular formula is C21H22NO2P. The van der Waals surface area contributed by atoms with Gasteiger partial charge in [-0.15, -0.1) is 0 Å². The molecule has 128 valence electrons. The van der Waals surface area contributed by atoms with Crippen molar-refractivity contribution >= 4 is 17.8 Å². The quantitative estimate of drug-likeness (QED) is 0.611. The number of nitrogens with zero attached hydrogens (tertiary/aromatic N) is 1. The van der Waals surface area contributed by atoms with Crippen molar-refractivity contribution in [2.75, 3.05) is 0 Å². The highest BCUT2D eigenvalue weighted by Crippen LogP contribution is 2.47. The molecule has 0 radical (unpaired) electrons. The van der Waals surface area contributed by atoms with Crippen LogP contribution in [0.1, 0.15) is 19.8 Å². The summed E-state index contributed by atoms with van der Waals surface area (Å²) in [5.41, 5.74) is 0.912. The molecule has 4 heteroatoms. The van der Waals surface area contributed by atoms with E-state index in [1.54, 1.807) is 0 Å². The largest absolute Gasteiger partial charge is 0.309 e. The van der Waals surface area contributed by atoms with E-state index in [-0.39, 0.29) is 12.1 Å². The third kappa shape index (κ3) is 3.10. The van der Waals surface area contributed by atoms with Crippen LogP contribution >= 0.6 is 7.14 Å². The van der Waals surface area contributed by atoms with Gasteiger partial charge < -0.3 is 4.57 Å². The van der Waals surface area contributed by atoms with Gasteiger partial charge in [0, 0.05) is 22.1 Å². The fraction of sp³-hybridized carbons (Fsp3) is 0.238. The highest BCUT2D eigenvalue weighted by molar-refractivity contribution is 7.81. The molecule has 2 aliphatic heterocycles. The summed E-state index contributed by atoms with van der Waals surface area (Å²) in [6.07, 6.45) is 6.60. The molecule has 0 saturated carbocycles. The highest BCUT2D eigenvalue weighted by Gasteiger charge is 2.33. The Bertz CT molecular complexity index is 801. The van der Waals surface area contributed by atoms with Crippen molar-refractivity contribution in [1.82, 2.24) is 5.06 Å². The Morgan fingerprint density at radius 3 is 2.04 bits per heavy atom. The molecule has 2 aromatic rings. The summed E-state index contributed by atoms with van der Waals surface area (Å²) in [4.78, 5) is 6.02. The Kier molecular flexibility index (Phi) is 4.37. The van der Waals surface area contributed by atoms with Gasteiger partial charge in [-0.2, -0.15) is 0 Å². The minimum absolute atomic E-state index is 0.140. The molecule has 0 N–H and O–H groups in total. The number of hydrogen-bond donors (Lipinski definition) is 0. The Morgan fingerprint density at radius 1 is 1.00 bits per heavy atom. The maximum atomic E-state index is 14.1. The average molecular weight is 351 g/mol. The summed E-state index contributed by atoms with van der Waals surface area (Å²) >= 11 is 0. The molecule has 1 saturated heterocycles. The Hall–Kier alpha value is -2.09. The molecular weight excluding hydrogens is 329 g/mol. The van der Waals surface area contributed by atoms with Crippen molar-refractivity contribution in [3.05, 3.63) is 84.3 Å². The normalized spacial score (nSPS) is 23.1. The highest BCUT2D eigenvalue weighted by atomic mass is 31.2. The van der Waals surface area contributed by atoms with E-state index in [4.69, 9.17) is 4.84 Å². The fourth-order valence-corrected chi connectivity index (χ4v) is 6.02. The maximum absolute atomic E-state index is 14.1. The van der Waals surface area contributed by atoms with Gasteiger partial charge in [-0.05, 0) is 19.8 Å². The number of fused-ring (bicyclic) bond motifs is 2. The fourth-order valence-electron chi connectivity index (χ4n) is 3.55. The first kappa shape index (κ1) is 16.4. The molecule has 5 rings (SSSR count). The smallest absolute Gasteiger partial charge is 0.165 e. The average Bonchev–Trinajstić information content (AvgIpc) is 2.70. The number of rotatable bonds is 4. The Labute approximate surface area is 148 Å². The van der Waals surface area contributed by atoms with Crippen LogP contribution in [-0.4, -0.2) is 17.2 Å². The van der Waals surface area contributed by atoms with Gasteiger partial charge in [-0.3, -0.25) is 9.90 Å². The molecule has 2 atom stereocenters. The zero-order valence-corrected chi connectivity index (χ0v) is 15.2. The van der Waals surface area contributed by atoms with Crippen molar-refractivity contribution in [1.29, 1.82) is 0 Å². The van der Waals surface area contributed by atoms with E-state index in [9.17, 15) is 4.57 Å². The number of benzene rings is 2. The number of allylic oxidation sites excluding steroid dienone is 1. The molecule has 0 aromatic heterocycles. The molecule has 2 heterocycles. The Balaban J connectivity index is 1.77. The molecule has 2 bridgehead atoms. The van der Waals surface area contributed by atoms with Gasteiger partial charge in [0.05, 0.1) is 6.04 Å². The first-order valence-corrected chi connectivity index (χ1v) is 10.5. The molecule has 3 nitrogen and oxygen atoms in total. The van der Waals surface area contributed by atoms with E-state index in [2.05, 4.69) is 12.2 Å². The van der Waals surface area contributed by atoms with Crippen LogP contribution < -0.4 is 10.6 Å². The van der Waals surface area contributed by atoms with Gasteiger partial charge in [0.25, 0.3) is 0 Å². The van der Waals surface area contributed by atoms with Gasteiger partial charge in [0.1, 0.15) is 6.10 Å². The lowest BCUT2D eigenvalue weighted by Crippen LogP contribution is -2.44. The predicted molar refractivity (Wildman–Crippen MR) is 102 cm³/mol. The second-order valence-electron chi connectivity index (χ2n) is 6.60. The SMILES string of the molecule is C/C(=C\P(=O)(c1ccccc1)c1ccccc1)N1O[C@H]2C=C[C@@H]1CC2. The van der Waals surface area contributed by atoms with Gasteiger partial charge in [0.2, 0.25) is 0 Å². The standard InChI is InChI=1S/C21H22NO2P/c1-17(22-18-12-14-19(24-22)15-13-18)16-25(23,20-8-4-2-5-9-20)21-10-6-3-7-11-21/h2-12,14,16,18-19H,13,15H2,1H3/b17-16+/t18-,19+/m1/s1. The van der Waals surface area contributed by atoms with E-state index >= 15 is 0 Å². The minimum Gasteiger partial charge on any atom is -0.309 e. The summed E-state index contributed by atoms with van der Waals surface area (Å²) in [6.45, 7) is 1.99. The monoisotopic (exact) mass is 351 g/mol. The van der Waals surface area contributed by atoms with Crippen LogP contribution in [0.2, 0.25) is 0 Å².